The quantitative estimate of drug-likeness (QED) is 0.889. The average molecular weight is 309 g/mol. The number of nitrogens with one attached hydrogen (secondary N) is 1. The minimum atomic E-state index is 0.0711. The predicted octanol–water partition coefficient (Wildman–Crippen LogP) is 4.47. The number of hydrogen-bond acceptors (Lipinski definition) is 2. The van der Waals surface area contributed by atoms with Crippen molar-refractivity contribution in [2.24, 2.45) is 0 Å². The Labute approximate surface area is 137 Å². The number of methoxy groups -OCH3 is 1. The van der Waals surface area contributed by atoms with Gasteiger partial charge in [-0.1, -0.05) is 45.0 Å². The van der Waals surface area contributed by atoms with E-state index in [1.165, 1.54) is 11.1 Å². The van der Waals surface area contributed by atoms with Gasteiger partial charge in [-0.05, 0) is 40.3 Å². The van der Waals surface area contributed by atoms with E-state index in [1.54, 1.807) is 7.11 Å². The molecule has 1 unspecified atom stereocenters. The van der Waals surface area contributed by atoms with Crippen molar-refractivity contribution in [1.29, 1.82) is 0 Å². The molecule has 2 aromatic rings. The molecule has 1 N–H and O–H groups in total. The lowest BCUT2D eigenvalue weighted by atomic mass is 9.80. The molecule has 0 saturated heterocycles. The van der Waals surface area contributed by atoms with Gasteiger partial charge < -0.3 is 10.1 Å². The predicted molar refractivity (Wildman–Crippen MR) is 93.2 cm³/mol. The Balaban J connectivity index is 2.06. The Bertz CT molecular complexity index is 726. The molecule has 1 heterocycles. The van der Waals surface area contributed by atoms with Crippen molar-refractivity contribution < 1.29 is 9.53 Å². The largest absolute Gasteiger partial charge is 0.497 e. The summed E-state index contributed by atoms with van der Waals surface area (Å²) >= 11 is 0. The van der Waals surface area contributed by atoms with Gasteiger partial charge >= 0.3 is 0 Å². The summed E-state index contributed by atoms with van der Waals surface area (Å²) in [5.74, 6) is 0.992. The van der Waals surface area contributed by atoms with Gasteiger partial charge in [-0.2, -0.15) is 0 Å². The molecule has 1 atom stereocenters. The van der Waals surface area contributed by atoms with Gasteiger partial charge in [-0.3, -0.25) is 4.79 Å². The highest BCUT2D eigenvalue weighted by atomic mass is 16.5. The van der Waals surface area contributed by atoms with E-state index in [0.717, 1.165) is 17.0 Å². The summed E-state index contributed by atoms with van der Waals surface area (Å²) in [6, 6.07) is 14.4. The Morgan fingerprint density at radius 2 is 1.78 bits per heavy atom. The molecule has 0 radical (unpaired) electrons. The van der Waals surface area contributed by atoms with E-state index < -0.39 is 0 Å². The zero-order valence-electron chi connectivity index (χ0n) is 14.1. The molecule has 3 nitrogen and oxygen atoms in total. The maximum Gasteiger partial charge on any atom is 0.225 e. The Kier molecular flexibility index (Phi) is 3.88. The first kappa shape index (κ1) is 15.6. The summed E-state index contributed by atoms with van der Waals surface area (Å²) in [6.07, 6.45) is 0.479. The second-order valence-corrected chi connectivity index (χ2v) is 7.13. The lowest BCUT2D eigenvalue weighted by Crippen LogP contribution is -2.24. The van der Waals surface area contributed by atoms with E-state index in [0.29, 0.717) is 6.42 Å². The normalized spacial score (nSPS) is 17.4. The van der Waals surface area contributed by atoms with Crippen LogP contribution in [-0.2, 0) is 10.2 Å². The third-order valence-corrected chi connectivity index (χ3v) is 4.47. The molecule has 3 rings (SSSR count). The van der Waals surface area contributed by atoms with Crippen LogP contribution in [0.15, 0.2) is 42.5 Å². The van der Waals surface area contributed by atoms with Crippen LogP contribution in [0.3, 0.4) is 0 Å². The summed E-state index contributed by atoms with van der Waals surface area (Å²) in [5, 5.41) is 3.00. The van der Waals surface area contributed by atoms with Crippen molar-refractivity contribution >= 4 is 11.6 Å². The van der Waals surface area contributed by atoms with Gasteiger partial charge in [0.2, 0.25) is 5.91 Å². The first-order valence-corrected chi connectivity index (χ1v) is 7.97. The molecule has 1 amide bonds. The molecule has 0 saturated carbocycles. The number of hydrogen-bond donors (Lipinski definition) is 1. The highest BCUT2D eigenvalue weighted by molar-refractivity contribution is 5.95. The van der Waals surface area contributed by atoms with Crippen molar-refractivity contribution in [3.05, 3.63) is 59.2 Å². The SMILES string of the molecule is COc1ccc(C2CC(=O)Nc3ccc(C(C)(C)C)cc32)cc1. The molecule has 120 valence electrons. The molecule has 0 aliphatic carbocycles. The third kappa shape index (κ3) is 3.09. The summed E-state index contributed by atoms with van der Waals surface area (Å²) in [4.78, 5) is 12.1. The van der Waals surface area contributed by atoms with E-state index in [2.05, 4.69) is 50.4 Å². The van der Waals surface area contributed by atoms with Crippen LogP contribution in [0.2, 0.25) is 0 Å². The standard InChI is InChI=1S/C20H23NO2/c1-20(2,3)14-7-10-18-17(11-14)16(12-19(22)21-18)13-5-8-15(23-4)9-6-13/h5-11,16H,12H2,1-4H3,(H,21,22). The summed E-state index contributed by atoms with van der Waals surface area (Å²) < 4.78 is 5.23. The van der Waals surface area contributed by atoms with Crippen LogP contribution in [-0.4, -0.2) is 13.0 Å². The first-order valence-electron chi connectivity index (χ1n) is 7.97. The van der Waals surface area contributed by atoms with E-state index in [4.69, 9.17) is 4.74 Å². The molecule has 1 aliphatic heterocycles. The minimum Gasteiger partial charge on any atom is -0.497 e. The number of rotatable bonds is 2. The summed E-state index contributed by atoms with van der Waals surface area (Å²) in [6.45, 7) is 6.62. The fourth-order valence-electron chi connectivity index (χ4n) is 3.06. The molecule has 0 bridgehead atoms. The topological polar surface area (TPSA) is 38.3 Å². The number of carbonyl (C=O) groups excluding carboxylic acids is 1. The fourth-order valence-corrected chi connectivity index (χ4v) is 3.06. The zero-order valence-corrected chi connectivity index (χ0v) is 14.1. The van der Waals surface area contributed by atoms with Crippen molar-refractivity contribution in [3.63, 3.8) is 0 Å². The van der Waals surface area contributed by atoms with Gasteiger partial charge in [0, 0.05) is 18.0 Å². The zero-order chi connectivity index (χ0) is 16.6. The molecule has 2 aromatic carbocycles. The number of ether oxygens (including phenoxy) is 1. The fraction of sp³-hybridized carbons (Fsp3) is 0.350. The van der Waals surface area contributed by atoms with Crippen LogP contribution >= 0.6 is 0 Å². The molecular formula is C20H23NO2. The Hall–Kier alpha value is -2.29. The van der Waals surface area contributed by atoms with Gasteiger partial charge in [0.15, 0.2) is 0 Å². The van der Waals surface area contributed by atoms with Crippen molar-refractivity contribution in [2.75, 3.05) is 12.4 Å². The smallest absolute Gasteiger partial charge is 0.225 e. The Morgan fingerprint density at radius 1 is 1.09 bits per heavy atom. The summed E-state index contributed by atoms with van der Waals surface area (Å²) in [7, 11) is 1.66. The van der Waals surface area contributed by atoms with Gasteiger partial charge in [0.05, 0.1) is 7.11 Å². The number of carbonyl (C=O) groups is 1. The molecule has 0 spiro atoms. The number of amides is 1. The van der Waals surface area contributed by atoms with Gasteiger partial charge in [-0.25, -0.2) is 0 Å². The monoisotopic (exact) mass is 309 g/mol. The second-order valence-electron chi connectivity index (χ2n) is 7.13. The van der Waals surface area contributed by atoms with Gasteiger partial charge in [0.1, 0.15) is 5.75 Å². The molecule has 0 aromatic heterocycles. The third-order valence-electron chi connectivity index (χ3n) is 4.47. The van der Waals surface area contributed by atoms with Crippen molar-refractivity contribution in [1.82, 2.24) is 0 Å². The van der Waals surface area contributed by atoms with Crippen LogP contribution in [0.5, 0.6) is 5.75 Å². The van der Waals surface area contributed by atoms with Crippen LogP contribution in [0.1, 0.15) is 49.8 Å². The molecular weight excluding hydrogens is 286 g/mol. The van der Waals surface area contributed by atoms with Crippen LogP contribution < -0.4 is 10.1 Å². The van der Waals surface area contributed by atoms with E-state index in [1.807, 2.05) is 18.2 Å². The van der Waals surface area contributed by atoms with E-state index >= 15 is 0 Å². The second kappa shape index (κ2) is 5.73. The van der Waals surface area contributed by atoms with Gasteiger partial charge in [-0.15, -0.1) is 0 Å². The Morgan fingerprint density at radius 3 is 2.39 bits per heavy atom. The maximum absolute atomic E-state index is 12.1. The minimum absolute atomic E-state index is 0.0711. The van der Waals surface area contributed by atoms with Crippen LogP contribution in [0.4, 0.5) is 5.69 Å². The molecule has 3 heteroatoms. The molecule has 0 fully saturated rings. The van der Waals surface area contributed by atoms with Crippen LogP contribution in [0.25, 0.3) is 0 Å². The van der Waals surface area contributed by atoms with Crippen molar-refractivity contribution in [3.8, 4) is 5.75 Å². The molecule has 1 aliphatic rings. The van der Waals surface area contributed by atoms with E-state index in [9.17, 15) is 4.79 Å². The lowest BCUT2D eigenvalue weighted by Gasteiger charge is -2.29. The lowest BCUT2D eigenvalue weighted by molar-refractivity contribution is -0.116. The molecule has 23 heavy (non-hydrogen) atoms. The van der Waals surface area contributed by atoms with E-state index in [-0.39, 0.29) is 17.2 Å². The average Bonchev–Trinajstić information content (AvgIpc) is 2.53. The number of benzene rings is 2. The maximum atomic E-state index is 12.1. The first-order chi connectivity index (χ1) is 10.9. The number of anilines is 1. The summed E-state index contributed by atoms with van der Waals surface area (Å²) in [5.41, 5.74) is 4.64. The van der Waals surface area contributed by atoms with Gasteiger partial charge in [0.25, 0.3) is 0 Å². The highest BCUT2D eigenvalue weighted by Crippen LogP contribution is 2.39. The highest BCUT2D eigenvalue weighted by Gasteiger charge is 2.28. The van der Waals surface area contributed by atoms with Crippen molar-refractivity contribution in [2.45, 2.75) is 38.5 Å². The number of fused-ring (bicyclic) bond motifs is 1. The van der Waals surface area contributed by atoms with Crippen LogP contribution in [0, 0.1) is 0 Å².